The molecule has 0 saturated heterocycles. The van der Waals surface area contributed by atoms with Gasteiger partial charge in [-0.05, 0) is 35.8 Å². The molecule has 0 aromatic carbocycles. The molecule has 4 nitrogen and oxygen atoms in total. The predicted molar refractivity (Wildman–Crippen MR) is 68.6 cm³/mol. The SMILES string of the molecule is CCOC(=O)c1cn2c(C)c(Cl)cc(Br)c2n1. The molecule has 0 atom stereocenters. The second-order valence-electron chi connectivity index (χ2n) is 3.47. The van der Waals surface area contributed by atoms with Crippen molar-refractivity contribution in [2.24, 2.45) is 0 Å². The van der Waals surface area contributed by atoms with Crippen molar-refractivity contribution in [1.29, 1.82) is 0 Å². The van der Waals surface area contributed by atoms with E-state index in [-0.39, 0.29) is 5.69 Å². The Labute approximate surface area is 112 Å². The standard InChI is InChI=1S/C11H10BrClN2O2/c1-3-17-11(16)9-5-15-6(2)8(13)4-7(12)10(15)14-9/h4-5H,3H2,1-2H3. The second kappa shape index (κ2) is 4.66. The molecule has 0 aliphatic heterocycles. The number of aromatic nitrogens is 2. The molecule has 17 heavy (non-hydrogen) atoms. The van der Waals surface area contributed by atoms with Gasteiger partial charge >= 0.3 is 5.97 Å². The number of fused-ring (bicyclic) bond motifs is 1. The highest BCUT2D eigenvalue weighted by molar-refractivity contribution is 9.10. The fraction of sp³-hybridized carbons (Fsp3) is 0.273. The predicted octanol–water partition coefficient (Wildman–Crippen LogP) is 3.24. The monoisotopic (exact) mass is 316 g/mol. The molecule has 0 saturated carbocycles. The van der Waals surface area contributed by atoms with Crippen molar-refractivity contribution < 1.29 is 9.53 Å². The summed E-state index contributed by atoms with van der Waals surface area (Å²) >= 11 is 9.41. The van der Waals surface area contributed by atoms with Crippen molar-refractivity contribution in [1.82, 2.24) is 9.38 Å². The zero-order valence-corrected chi connectivity index (χ0v) is 11.7. The molecule has 0 unspecified atom stereocenters. The normalized spacial score (nSPS) is 10.8. The first-order valence-electron chi connectivity index (χ1n) is 5.05. The third-order valence-electron chi connectivity index (χ3n) is 2.36. The van der Waals surface area contributed by atoms with E-state index in [1.165, 1.54) is 0 Å². The van der Waals surface area contributed by atoms with Crippen LogP contribution >= 0.6 is 27.5 Å². The fourth-order valence-corrected chi connectivity index (χ4v) is 2.34. The third kappa shape index (κ3) is 2.17. The van der Waals surface area contributed by atoms with Gasteiger partial charge in [0.05, 0.1) is 16.1 Å². The smallest absolute Gasteiger partial charge is 0.358 e. The van der Waals surface area contributed by atoms with Crippen LogP contribution in [-0.2, 0) is 4.74 Å². The summed E-state index contributed by atoms with van der Waals surface area (Å²) in [6, 6.07) is 1.76. The molecule has 0 aliphatic rings. The summed E-state index contributed by atoms with van der Waals surface area (Å²) in [6.07, 6.45) is 1.62. The number of halogens is 2. The molecule has 0 aliphatic carbocycles. The zero-order valence-electron chi connectivity index (χ0n) is 9.33. The second-order valence-corrected chi connectivity index (χ2v) is 4.73. The van der Waals surface area contributed by atoms with E-state index in [2.05, 4.69) is 20.9 Å². The van der Waals surface area contributed by atoms with E-state index in [1.807, 2.05) is 6.92 Å². The van der Waals surface area contributed by atoms with Crippen LogP contribution in [-0.4, -0.2) is 22.0 Å². The van der Waals surface area contributed by atoms with Gasteiger partial charge in [0.25, 0.3) is 0 Å². The topological polar surface area (TPSA) is 43.6 Å². The number of carbonyl (C=O) groups excluding carboxylic acids is 1. The summed E-state index contributed by atoms with van der Waals surface area (Å²) in [5, 5.41) is 0.609. The maximum absolute atomic E-state index is 11.6. The van der Waals surface area contributed by atoms with Crippen molar-refractivity contribution in [3.05, 3.63) is 33.1 Å². The average molecular weight is 318 g/mol. The molecule has 0 spiro atoms. The number of nitrogens with zero attached hydrogens (tertiary/aromatic N) is 2. The Kier molecular flexibility index (Phi) is 3.40. The van der Waals surface area contributed by atoms with Crippen LogP contribution in [0.4, 0.5) is 0 Å². The number of hydrogen-bond donors (Lipinski definition) is 0. The van der Waals surface area contributed by atoms with Gasteiger partial charge in [-0.15, -0.1) is 0 Å². The van der Waals surface area contributed by atoms with E-state index in [9.17, 15) is 4.79 Å². The van der Waals surface area contributed by atoms with Crippen LogP contribution in [0.2, 0.25) is 5.02 Å². The Balaban J connectivity index is 2.61. The van der Waals surface area contributed by atoms with Crippen LogP contribution in [0.1, 0.15) is 23.1 Å². The zero-order chi connectivity index (χ0) is 12.6. The van der Waals surface area contributed by atoms with Gasteiger partial charge in [0, 0.05) is 11.9 Å². The molecular formula is C11H10BrClN2O2. The Hall–Kier alpha value is -1.07. The van der Waals surface area contributed by atoms with E-state index in [4.69, 9.17) is 16.3 Å². The van der Waals surface area contributed by atoms with E-state index < -0.39 is 5.97 Å². The van der Waals surface area contributed by atoms with E-state index >= 15 is 0 Å². The van der Waals surface area contributed by atoms with Gasteiger partial charge in [-0.1, -0.05) is 11.6 Å². The lowest BCUT2D eigenvalue weighted by Gasteiger charge is -2.03. The van der Waals surface area contributed by atoms with Gasteiger partial charge in [0.15, 0.2) is 11.3 Å². The number of aryl methyl sites for hydroxylation is 1. The molecule has 6 heteroatoms. The highest BCUT2D eigenvalue weighted by Crippen LogP contribution is 2.26. The molecule has 0 bridgehead atoms. The summed E-state index contributed by atoms with van der Waals surface area (Å²) < 4.78 is 7.41. The Bertz CT molecular complexity index is 595. The van der Waals surface area contributed by atoms with Crippen LogP contribution in [0.25, 0.3) is 5.65 Å². The van der Waals surface area contributed by atoms with Crippen molar-refractivity contribution in [3.8, 4) is 0 Å². The maximum Gasteiger partial charge on any atom is 0.358 e. The number of ether oxygens (including phenoxy) is 1. The van der Waals surface area contributed by atoms with Crippen LogP contribution < -0.4 is 0 Å². The highest BCUT2D eigenvalue weighted by atomic mass is 79.9. The molecule has 2 heterocycles. The van der Waals surface area contributed by atoms with Gasteiger partial charge < -0.3 is 9.14 Å². The van der Waals surface area contributed by atoms with Gasteiger partial charge in [-0.25, -0.2) is 9.78 Å². The number of pyridine rings is 1. The summed E-state index contributed by atoms with van der Waals surface area (Å²) in [6.45, 7) is 3.94. The first-order chi connectivity index (χ1) is 8.04. The maximum atomic E-state index is 11.6. The lowest BCUT2D eigenvalue weighted by atomic mass is 10.3. The summed E-state index contributed by atoms with van der Waals surface area (Å²) in [5.41, 5.74) is 1.75. The lowest BCUT2D eigenvalue weighted by Crippen LogP contribution is -2.04. The molecule has 0 fully saturated rings. The van der Waals surface area contributed by atoms with E-state index in [0.29, 0.717) is 17.3 Å². The molecular weight excluding hydrogens is 307 g/mol. The summed E-state index contributed by atoms with van der Waals surface area (Å²) in [5.74, 6) is -0.432. The van der Waals surface area contributed by atoms with Crippen LogP contribution in [0, 0.1) is 6.92 Å². The van der Waals surface area contributed by atoms with Crippen LogP contribution in [0.5, 0.6) is 0 Å². The van der Waals surface area contributed by atoms with E-state index in [0.717, 1.165) is 10.2 Å². The first kappa shape index (κ1) is 12.4. The first-order valence-corrected chi connectivity index (χ1v) is 6.22. The summed E-state index contributed by atoms with van der Waals surface area (Å²) in [7, 11) is 0. The molecule has 2 aromatic rings. The Morgan fingerprint density at radius 1 is 1.65 bits per heavy atom. The van der Waals surface area contributed by atoms with Crippen molar-refractivity contribution in [2.75, 3.05) is 6.61 Å². The average Bonchev–Trinajstić information content (AvgIpc) is 2.72. The van der Waals surface area contributed by atoms with Crippen LogP contribution in [0.3, 0.4) is 0 Å². The minimum atomic E-state index is -0.432. The molecule has 2 aromatic heterocycles. The number of esters is 1. The van der Waals surface area contributed by atoms with Crippen molar-refractivity contribution in [3.63, 3.8) is 0 Å². The minimum Gasteiger partial charge on any atom is -0.461 e. The van der Waals surface area contributed by atoms with E-state index in [1.54, 1.807) is 23.6 Å². The fourth-order valence-electron chi connectivity index (χ4n) is 1.50. The number of hydrogen-bond acceptors (Lipinski definition) is 3. The van der Waals surface area contributed by atoms with Crippen LogP contribution in [0.15, 0.2) is 16.7 Å². The van der Waals surface area contributed by atoms with Crippen molar-refractivity contribution >= 4 is 39.1 Å². The molecule has 0 amide bonds. The minimum absolute atomic E-state index is 0.276. The third-order valence-corrected chi connectivity index (χ3v) is 3.33. The van der Waals surface area contributed by atoms with Gasteiger partial charge in [0.1, 0.15) is 0 Å². The molecule has 0 radical (unpaired) electrons. The number of rotatable bonds is 2. The lowest BCUT2D eigenvalue weighted by molar-refractivity contribution is 0.0520. The molecule has 2 rings (SSSR count). The number of carbonyl (C=O) groups is 1. The van der Waals surface area contributed by atoms with Gasteiger partial charge in [-0.2, -0.15) is 0 Å². The molecule has 90 valence electrons. The van der Waals surface area contributed by atoms with Gasteiger partial charge in [-0.3, -0.25) is 0 Å². The molecule has 0 N–H and O–H groups in total. The quantitative estimate of drug-likeness (QED) is 0.799. The van der Waals surface area contributed by atoms with Crippen molar-refractivity contribution in [2.45, 2.75) is 13.8 Å². The Morgan fingerprint density at radius 3 is 3.00 bits per heavy atom. The van der Waals surface area contributed by atoms with Gasteiger partial charge in [0.2, 0.25) is 0 Å². The Morgan fingerprint density at radius 2 is 2.35 bits per heavy atom. The highest BCUT2D eigenvalue weighted by Gasteiger charge is 2.15. The number of imidazole rings is 1. The largest absolute Gasteiger partial charge is 0.461 e. The summed E-state index contributed by atoms with van der Waals surface area (Å²) in [4.78, 5) is 15.8.